The Morgan fingerprint density at radius 1 is 0.955 bits per heavy atom. The van der Waals surface area contributed by atoms with Gasteiger partial charge in [0.2, 0.25) is 0 Å². The van der Waals surface area contributed by atoms with E-state index in [2.05, 4.69) is 30.7 Å². The zero-order chi connectivity index (χ0) is 15.6. The van der Waals surface area contributed by atoms with Crippen LogP contribution in [-0.2, 0) is 4.74 Å². The molecule has 0 radical (unpaired) electrons. The SMILES string of the molecule is CC(C)OCC1(CN2CCC(C3CCN(C)CC3)CC2)CC1. The highest BCUT2D eigenvalue weighted by atomic mass is 16.5. The second-order valence-electron chi connectivity index (χ2n) is 8.61. The van der Waals surface area contributed by atoms with Crippen molar-refractivity contribution < 1.29 is 4.74 Å². The van der Waals surface area contributed by atoms with Gasteiger partial charge in [0.25, 0.3) is 0 Å². The van der Waals surface area contributed by atoms with Crippen molar-refractivity contribution >= 4 is 0 Å². The van der Waals surface area contributed by atoms with Crippen molar-refractivity contribution in [2.45, 2.75) is 58.5 Å². The van der Waals surface area contributed by atoms with Crippen molar-refractivity contribution in [3.8, 4) is 0 Å². The molecule has 3 heteroatoms. The lowest BCUT2D eigenvalue weighted by Gasteiger charge is -2.40. The lowest BCUT2D eigenvalue weighted by molar-refractivity contribution is 0.0227. The van der Waals surface area contributed by atoms with Crippen molar-refractivity contribution in [1.29, 1.82) is 0 Å². The normalized spacial score (nSPS) is 28.4. The first-order chi connectivity index (χ1) is 10.6. The molecule has 2 saturated heterocycles. The molecule has 3 rings (SSSR count). The van der Waals surface area contributed by atoms with E-state index in [1.54, 1.807) is 0 Å². The maximum Gasteiger partial charge on any atom is 0.0538 e. The zero-order valence-corrected chi connectivity index (χ0v) is 15.0. The van der Waals surface area contributed by atoms with Crippen LogP contribution in [0.25, 0.3) is 0 Å². The lowest BCUT2D eigenvalue weighted by Crippen LogP contribution is -2.42. The van der Waals surface area contributed by atoms with Crippen molar-refractivity contribution in [3.05, 3.63) is 0 Å². The van der Waals surface area contributed by atoms with Crippen LogP contribution in [0.5, 0.6) is 0 Å². The van der Waals surface area contributed by atoms with Crippen LogP contribution in [0, 0.1) is 17.3 Å². The Bertz CT molecular complexity index is 337. The lowest BCUT2D eigenvalue weighted by atomic mass is 9.79. The van der Waals surface area contributed by atoms with Gasteiger partial charge in [-0.1, -0.05) is 0 Å². The fourth-order valence-electron chi connectivity index (χ4n) is 4.43. The monoisotopic (exact) mass is 308 g/mol. The van der Waals surface area contributed by atoms with Crippen LogP contribution in [0.15, 0.2) is 0 Å². The Morgan fingerprint density at radius 2 is 1.50 bits per heavy atom. The molecule has 3 fully saturated rings. The summed E-state index contributed by atoms with van der Waals surface area (Å²) in [5.74, 6) is 2.02. The largest absolute Gasteiger partial charge is 0.378 e. The van der Waals surface area contributed by atoms with E-state index < -0.39 is 0 Å². The summed E-state index contributed by atoms with van der Waals surface area (Å²) in [5, 5.41) is 0. The van der Waals surface area contributed by atoms with Crippen LogP contribution in [-0.4, -0.2) is 62.3 Å². The minimum Gasteiger partial charge on any atom is -0.378 e. The Kier molecular flexibility index (Phi) is 5.47. The molecule has 0 amide bonds. The van der Waals surface area contributed by atoms with Gasteiger partial charge in [0.15, 0.2) is 0 Å². The smallest absolute Gasteiger partial charge is 0.0538 e. The molecular weight excluding hydrogens is 272 g/mol. The van der Waals surface area contributed by atoms with Gasteiger partial charge in [0.05, 0.1) is 12.7 Å². The molecule has 0 aromatic rings. The van der Waals surface area contributed by atoms with Gasteiger partial charge < -0.3 is 14.5 Å². The van der Waals surface area contributed by atoms with E-state index in [0.29, 0.717) is 11.5 Å². The average molecular weight is 309 g/mol. The molecule has 0 unspecified atom stereocenters. The second kappa shape index (κ2) is 7.19. The summed E-state index contributed by atoms with van der Waals surface area (Å²) in [6, 6.07) is 0. The minimum absolute atomic E-state index is 0.382. The van der Waals surface area contributed by atoms with Gasteiger partial charge in [0, 0.05) is 12.0 Å². The van der Waals surface area contributed by atoms with Gasteiger partial charge in [-0.15, -0.1) is 0 Å². The predicted molar refractivity (Wildman–Crippen MR) is 92.1 cm³/mol. The molecule has 2 aliphatic heterocycles. The number of ether oxygens (including phenoxy) is 1. The summed E-state index contributed by atoms with van der Waals surface area (Å²) in [5.41, 5.74) is 0.519. The Morgan fingerprint density at radius 3 is 2.00 bits per heavy atom. The zero-order valence-electron chi connectivity index (χ0n) is 15.0. The third kappa shape index (κ3) is 4.46. The Labute approximate surface area is 137 Å². The molecule has 3 nitrogen and oxygen atoms in total. The van der Waals surface area contributed by atoms with Gasteiger partial charge in [-0.25, -0.2) is 0 Å². The molecule has 0 N–H and O–H groups in total. The summed E-state index contributed by atoms with van der Waals surface area (Å²) in [7, 11) is 2.27. The van der Waals surface area contributed by atoms with Crippen molar-refractivity contribution in [2.75, 3.05) is 46.4 Å². The molecule has 0 spiro atoms. The molecule has 0 aromatic carbocycles. The standard InChI is InChI=1S/C19H36N2O/c1-16(2)22-15-19(8-9-19)14-21-12-6-18(7-13-21)17-4-10-20(3)11-5-17/h16-18H,4-15H2,1-3H3. The molecule has 0 atom stereocenters. The summed E-state index contributed by atoms with van der Waals surface area (Å²) >= 11 is 0. The van der Waals surface area contributed by atoms with E-state index in [9.17, 15) is 0 Å². The maximum atomic E-state index is 5.91. The maximum absolute atomic E-state index is 5.91. The van der Waals surface area contributed by atoms with Gasteiger partial charge >= 0.3 is 0 Å². The van der Waals surface area contributed by atoms with Crippen LogP contribution in [0.3, 0.4) is 0 Å². The van der Waals surface area contributed by atoms with E-state index in [4.69, 9.17) is 4.74 Å². The van der Waals surface area contributed by atoms with Gasteiger partial charge in [-0.3, -0.25) is 0 Å². The van der Waals surface area contributed by atoms with E-state index in [-0.39, 0.29) is 0 Å². The highest BCUT2D eigenvalue weighted by Gasteiger charge is 2.44. The number of hydrogen-bond donors (Lipinski definition) is 0. The molecule has 3 aliphatic rings. The third-order valence-corrected chi connectivity index (χ3v) is 6.30. The fraction of sp³-hybridized carbons (Fsp3) is 1.00. The van der Waals surface area contributed by atoms with Crippen LogP contribution in [0.1, 0.15) is 52.4 Å². The predicted octanol–water partition coefficient (Wildman–Crippen LogP) is 3.25. The van der Waals surface area contributed by atoms with Crippen LogP contribution in [0.2, 0.25) is 0 Å². The first-order valence-electron chi connectivity index (χ1n) is 9.59. The van der Waals surface area contributed by atoms with E-state index in [1.165, 1.54) is 71.2 Å². The number of hydrogen-bond acceptors (Lipinski definition) is 3. The van der Waals surface area contributed by atoms with Crippen LogP contribution in [0.4, 0.5) is 0 Å². The summed E-state index contributed by atoms with van der Waals surface area (Å²) in [6.45, 7) is 11.9. The second-order valence-corrected chi connectivity index (χ2v) is 8.61. The highest BCUT2D eigenvalue weighted by Crippen LogP contribution is 2.47. The molecule has 0 aromatic heterocycles. The first kappa shape index (κ1) is 16.7. The fourth-order valence-corrected chi connectivity index (χ4v) is 4.43. The molecule has 128 valence electrons. The average Bonchev–Trinajstić information content (AvgIpc) is 3.27. The van der Waals surface area contributed by atoms with Gasteiger partial charge in [0.1, 0.15) is 0 Å². The summed E-state index contributed by atoms with van der Waals surface area (Å²) < 4.78 is 5.91. The van der Waals surface area contributed by atoms with Gasteiger partial charge in [-0.05, 0) is 97.4 Å². The van der Waals surface area contributed by atoms with E-state index in [0.717, 1.165) is 18.4 Å². The number of rotatable bonds is 6. The topological polar surface area (TPSA) is 15.7 Å². The van der Waals surface area contributed by atoms with Crippen LogP contribution < -0.4 is 0 Å². The van der Waals surface area contributed by atoms with E-state index in [1.807, 2.05) is 0 Å². The van der Waals surface area contributed by atoms with Crippen molar-refractivity contribution in [2.24, 2.45) is 17.3 Å². The van der Waals surface area contributed by atoms with E-state index >= 15 is 0 Å². The Balaban J connectivity index is 1.39. The molecule has 1 aliphatic carbocycles. The number of nitrogens with zero attached hydrogens (tertiary/aromatic N) is 2. The molecule has 1 saturated carbocycles. The quantitative estimate of drug-likeness (QED) is 0.749. The van der Waals surface area contributed by atoms with Gasteiger partial charge in [-0.2, -0.15) is 0 Å². The van der Waals surface area contributed by atoms with Crippen molar-refractivity contribution in [1.82, 2.24) is 9.80 Å². The molecular formula is C19H36N2O. The molecule has 2 heterocycles. The summed E-state index contributed by atoms with van der Waals surface area (Å²) in [4.78, 5) is 5.24. The summed E-state index contributed by atoms with van der Waals surface area (Å²) in [6.07, 6.45) is 8.90. The highest BCUT2D eigenvalue weighted by molar-refractivity contribution is 4.96. The number of piperidine rings is 2. The Hall–Kier alpha value is -0.120. The minimum atomic E-state index is 0.382. The van der Waals surface area contributed by atoms with Crippen molar-refractivity contribution in [3.63, 3.8) is 0 Å². The van der Waals surface area contributed by atoms with Crippen LogP contribution >= 0.6 is 0 Å². The molecule has 0 bridgehead atoms. The first-order valence-corrected chi connectivity index (χ1v) is 9.59. The number of likely N-dealkylation sites (tertiary alicyclic amines) is 2. The third-order valence-electron chi connectivity index (χ3n) is 6.30. The molecule has 22 heavy (non-hydrogen) atoms.